The van der Waals surface area contributed by atoms with Crippen molar-refractivity contribution in [1.82, 2.24) is 30.2 Å². The molecular weight excluding hydrogens is 316 g/mol. The summed E-state index contributed by atoms with van der Waals surface area (Å²) in [6.45, 7) is 2.04. The van der Waals surface area contributed by atoms with Crippen LogP contribution in [0.2, 0.25) is 0 Å². The van der Waals surface area contributed by atoms with Crippen LogP contribution in [0.1, 0.15) is 18.9 Å². The Morgan fingerprint density at radius 2 is 2.26 bits per heavy atom. The smallest absolute Gasteiger partial charge is 0.278 e. The number of halogens is 1. The van der Waals surface area contributed by atoms with Gasteiger partial charge < -0.3 is 9.84 Å². The second kappa shape index (κ2) is 6.89. The molecule has 4 heterocycles. The van der Waals surface area contributed by atoms with E-state index in [1.54, 1.807) is 12.4 Å². The fourth-order valence-corrected chi connectivity index (χ4v) is 2.65. The molecule has 1 saturated heterocycles. The van der Waals surface area contributed by atoms with E-state index in [0.29, 0.717) is 23.5 Å². The first-order valence-corrected chi connectivity index (χ1v) is 7.40. The second-order valence-electron chi connectivity index (χ2n) is 5.35. The lowest BCUT2D eigenvalue weighted by Gasteiger charge is -2.22. The van der Waals surface area contributed by atoms with Crippen molar-refractivity contribution < 1.29 is 4.52 Å². The molecule has 1 atom stereocenters. The molecule has 1 unspecified atom stereocenters. The van der Waals surface area contributed by atoms with Gasteiger partial charge in [-0.3, -0.25) is 9.67 Å². The molecule has 7 nitrogen and oxygen atoms in total. The maximum atomic E-state index is 5.33. The van der Waals surface area contributed by atoms with E-state index in [1.807, 2.05) is 29.1 Å². The predicted octanol–water partition coefficient (Wildman–Crippen LogP) is 2.34. The lowest BCUT2D eigenvalue weighted by atomic mass is 10.1. The molecule has 0 radical (unpaired) electrons. The highest BCUT2D eigenvalue weighted by Gasteiger charge is 2.18. The van der Waals surface area contributed by atoms with Crippen molar-refractivity contribution in [2.75, 3.05) is 13.1 Å². The number of piperidine rings is 1. The number of hydrogen-bond donors (Lipinski definition) is 1. The Morgan fingerprint density at radius 1 is 1.30 bits per heavy atom. The van der Waals surface area contributed by atoms with Crippen molar-refractivity contribution in [3.63, 3.8) is 0 Å². The van der Waals surface area contributed by atoms with Crippen LogP contribution in [0, 0.1) is 0 Å². The highest BCUT2D eigenvalue weighted by molar-refractivity contribution is 5.85. The average molecular weight is 333 g/mol. The second-order valence-corrected chi connectivity index (χ2v) is 5.35. The Balaban J connectivity index is 0.00000156. The van der Waals surface area contributed by atoms with Gasteiger partial charge in [0.05, 0.1) is 6.04 Å². The predicted molar refractivity (Wildman–Crippen MR) is 87.1 cm³/mol. The summed E-state index contributed by atoms with van der Waals surface area (Å²) in [7, 11) is 0. The van der Waals surface area contributed by atoms with Crippen molar-refractivity contribution in [3.8, 4) is 23.0 Å². The van der Waals surface area contributed by atoms with Gasteiger partial charge in [-0.05, 0) is 37.6 Å². The Hall–Kier alpha value is -2.25. The van der Waals surface area contributed by atoms with E-state index in [9.17, 15) is 0 Å². The van der Waals surface area contributed by atoms with Gasteiger partial charge in [0.15, 0.2) is 5.69 Å². The van der Waals surface area contributed by atoms with Gasteiger partial charge in [0.1, 0.15) is 0 Å². The summed E-state index contributed by atoms with van der Waals surface area (Å²) in [5, 5.41) is 12.0. The number of rotatable bonds is 3. The zero-order chi connectivity index (χ0) is 14.8. The van der Waals surface area contributed by atoms with E-state index in [4.69, 9.17) is 4.52 Å². The molecular formula is C15H17ClN6O. The van der Waals surface area contributed by atoms with Crippen LogP contribution in [0.25, 0.3) is 23.0 Å². The maximum absolute atomic E-state index is 5.33. The monoisotopic (exact) mass is 332 g/mol. The number of nitrogens with one attached hydrogen (secondary N) is 1. The Labute approximate surface area is 139 Å². The van der Waals surface area contributed by atoms with Crippen LogP contribution in [-0.2, 0) is 0 Å². The molecule has 3 aromatic rings. The molecule has 1 N–H and O–H groups in total. The molecule has 0 saturated carbocycles. The molecule has 3 aromatic heterocycles. The molecule has 8 heteroatoms. The molecule has 0 spiro atoms. The van der Waals surface area contributed by atoms with Gasteiger partial charge in [0.2, 0.25) is 5.82 Å². The number of nitrogens with zero attached hydrogens (tertiary/aromatic N) is 5. The number of aromatic nitrogens is 5. The Morgan fingerprint density at radius 3 is 3.04 bits per heavy atom. The van der Waals surface area contributed by atoms with E-state index < -0.39 is 0 Å². The SMILES string of the molecule is Cl.c1cncc(-c2noc(-c3ccn(C4CCCNC4)n3)n2)c1. The first kappa shape index (κ1) is 15.6. The highest BCUT2D eigenvalue weighted by atomic mass is 35.5. The van der Waals surface area contributed by atoms with E-state index in [2.05, 4.69) is 25.5 Å². The molecule has 120 valence electrons. The third kappa shape index (κ3) is 3.25. The van der Waals surface area contributed by atoms with E-state index >= 15 is 0 Å². The molecule has 1 aliphatic rings. The van der Waals surface area contributed by atoms with Gasteiger partial charge in [-0.2, -0.15) is 10.1 Å². The van der Waals surface area contributed by atoms with Crippen molar-refractivity contribution in [2.24, 2.45) is 0 Å². The fourth-order valence-electron chi connectivity index (χ4n) is 2.65. The largest absolute Gasteiger partial charge is 0.332 e. The number of hydrogen-bond acceptors (Lipinski definition) is 6. The third-order valence-corrected chi connectivity index (χ3v) is 3.82. The van der Waals surface area contributed by atoms with Crippen LogP contribution in [0.4, 0.5) is 0 Å². The van der Waals surface area contributed by atoms with Gasteiger partial charge in [-0.15, -0.1) is 12.4 Å². The molecule has 23 heavy (non-hydrogen) atoms. The molecule has 4 rings (SSSR count). The minimum absolute atomic E-state index is 0. The van der Waals surface area contributed by atoms with Gasteiger partial charge in [0, 0.05) is 30.7 Å². The Kier molecular flexibility index (Phi) is 4.68. The molecule has 0 aliphatic carbocycles. The summed E-state index contributed by atoms with van der Waals surface area (Å²) in [5.74, 6) is 0.957. The molecule has 0 bridgehead atoms. The standard InChI is InChI=1S/C15H16N6O.ClH/c1-3-11(9-16-6-1)14-18-15(22-20-14)13-5-8-21(19-13)12-4-2-7-17-10-12;/h1,3,5-6,8-9,12,17H,2,4,7,10H2;1H. The van der Waals surface area contributed by atoms with Gasteiger partial charge >= 0.3 is 0 Å². The minimum atomic E-state index is 0. The van der Waals surface area contributed by atoms with Crippen LogP contribution in [0.3, 0.4) is 0 Å². The quantitative estimate of drug-likeness (QED) is 0.792. The van der Waals surface area contributed by atoms with Crippen LogP contribution in [0.5, 0.6) is 0 Å². The third-order valence-electron chi connectivity index (χ3n) is 3.82. The lowest BCUT2D eigenvalue weighted by molar-refractivity contribution is 0.346. The highest BCUT2D eigenvalue weighted by Crippen LogP contribution is 2.22. The molecule has 0 aromatic carbocycles. The zero-order valence-electron chi connectivity index (χ0n) is 12.4. The minimum Gasteiger partial charge on any atom is -0.332 e. The van der Waals surface area contributed by atoms with Gasteiger partial charge in [-0.25, -0.2) is 0 Å². The summed E-state index contributed by atoms with van der Waals surface area (Å²) in [5.41, 5.74) is 1.53. The lowest BCUT2D eigenvalue weighted by Crippen LogP contribution is -2.31. The van der Waals surface area contributed by atoms with Gasteiger partial charge in [0.25, 0.3) is 5.89 Å². The van der Waals surface area contributed by atoms with E-state index in [0.717, 1.165) is 25.1 Å². The van der Waals surface area contributed by atoms with Crippen molar-refractivity contribution in [1.29, 1.82) is 0 Å². The maximum Gasteiger partial charge on any atom is 0.278 e. The van der Waals surface area contributed by atoms with Crippen LogP contribution < -0.4 is 5.32 Å². The number of pyridine rings is 1. The summed E-state index contributed by atoms with van der Waals surface area (Å²) < 4.78 is 7.31. The first-order valence-electron chi connectivity index (χ1n) is 7.40. The molecule has 0 amide bonds. The van der Waals surface area contributed by atoms with Crippen LogP contribution in [0.15, 0.2) is 41.3 Å². The molecule has 1 fully saturated rings. The van der Waals surface area contributed by atoms with E-state index in [1.165, 1.54) is 6.42 Å². The first-order chi connectivity index (χ1) is 10.9. The van der Waals surface area contributed by atoms with Crippen molar-refractivity contribution >= 4 is 12.4 Å². The summed E-state index contributed by atoms with van der Waals surface area (Å²) in [4.78, 5) is 8.46. The Bertz CT molecular complexity index is 750. The summed E-state index contributed by atoms with van der Waals surface area (Å²) >= 11 is 0. The molecule has 1 aliphatic heterocycles. The summed E-state index contributed by atoms with van der Waals surface area (Å²) in [6, 6.07) is 6.04. The van der Waals surface area contributed by atoms with E-state index in [-0.39, 0.29) is 12.4 Å². The van der Waals surface area contributed by atoms with Crippen molar-refractivity contribution in [2.45, 2.75) is 18.9 Å². The topological polar surface area (TPSA) is 81.7 Å². The van der Waals surface area contributed by atoms with Crippen LogP contribution in [-0.4, -0.2) is 38.0 Å². The average Bonchev–Trinajstić information content (AvgIpc) is 3.26. The summed E-state index contributed by atoms with van der Waals surface area (Å²) in [6.07, 6.45) is 7.71. The fraction of sp³-hybridized carbons (Fsp3) is 0.333. The zero-order valence-corrected chi connectivity index (χ0v) is 13.2. The van der Waals surface area contributed by atoms with Crippen molar-refractivity contribution in [3.05, 3.63) is 36.8 Å². The van der Waals surface area contributed by atoms with Gasteiger partial charge in [-0.1, -0.05) is 5.16 Å². The van der Waals surface area contributed by atoms with Crippen LogP contribution >= 0.6 is 12.4 Å². The normalized spacial score (nSPS) is 17.7.